The van der Waals surface area contributed by atoms with Gasteiger partial charge in [-0.2, -0.15) is 0 Å². The molecule has 0 aromatic carbocycles. The Kier molecular flexibility index (Phi) is 7.05. The van der Waals surface area contributed by atoms with E-state index in [-0.39, 0.29) is 11.9 Å². The normalized spacial score (nSPS) is 12.0. The summed E-state index contributed by atoms with van der Waals surface area (Å²) in [5.41, 5.74) is 2.43. The van der Waals surface area contributed by atoms with Gasteiger partial charge in [0.1, 0.15) is 0 Å². The van der Waals surface area contributed by atoms with Crippen LogP contribution in [0.3, 0.4) is 0 Å². The molecular formula is C16H27N3O. The van der Waals surface area contributed by atoms with E-state index in [2.05, 4.69) is 36.4 Å². The number of carbonyl (C=O) groups excluding carboxylic acids is 1. The van der Waals surface area contributed by atoms with E-state index in [1.54, 1.807) is 6.20 Å². The second kappa shape index (κ2) is 8.56. The summed E-state index contributed by atoms with van der Waals surface area (Å²) < 4.78 is 0. The fourth-order valence-corrected chi connectivity index (χ4v) is 2.14. The predicted molar refractivity (Wildman–Crippen MR) is 84.2 cm³/mol. The van der Waals surface area contributed by atoms with Crippen molar-refractivity contribution in [3.8, 4) is 0 Å². The number of aryl methyl sites for hydroxylation is 1. The molecule has 2 N–H and O–H groups in total. The molecule has 112 valence electrons. The van der Waals surface area contributed by atoms with Crippen molar-refractivity contribution in [3.05, 3.63) is 23.5 Å². The lowest BCUT2D eigenvalue weighted by atomic mass is 10.1. The van der Waals surface area contributed by atoms with Crippen molar-refractivity contribution in [2.45, 2.75) is 59.4 Å². The van der Waals surface area contributed by atoms with Crippen molar-refractivity contribution in [2.24, 2.45) is 0 Å². The highest BCUT2D eigenvalue weighted by atomic mass is 16.1. The molecule has 1 heterocycles. The molecule has 1 rings (SSSR count). The molecule has 0 aliphatic heterocycles. The largest absolute Gasteiger partial charge is 0.384 e. The standard InChI is InChI=1S/C16H27N3O/c1-5-8-13(7-3)19-16(20)14-11-18-12(4)10-15(14)17-9-6-2/h10-11,13H,5-9H2,1-4H3,(H,17,18)(H,19,20). The lowest BCUT2D eigenvalue weighted by Crippen LogP contribution is -2.34. The van der Waals surface area contributed by atoms with Crippen molar-refractivity contribution < 1.29 is 4.79 Å². The maximum Gasteiger partial charge on any atom is 0.255 e. The van der Waals surface area contributed by atoms with Crippen molar-refractivity contribution >= 4 is 11.6 Å². The third kappa shape index (κ3) is 4.83. The Balaban J connectivity index is 2.85. The first-order chi connectivity index (χ1) is 9.62. The van der Waals surface area contributed by atoms with Gasteiger partial charge in [-0.25, -0.2) is 0 Å². The summed E-state index contributed by atoms with van der Waals surface area (Å²) in [4.78, 5) is 16.6. The van der Waals surface area contributed by atoms with E-state index >= 15 is 0 Å². The first kappa shape index (κ1) is 16.5. The second-order valence-corrected chi connectivity index (χ2v) is 5.17. The topological polar surface area (TPSA) is 54.0 Å². The molecule has 20 heavy (non-hydrogen) atoms. The minimum absolute atomic E-state index is 0.0311. The molecule has 1 aromatic rings. The van der Waals surface area contributed by atoms with E-state index in [1.165, 1.54) is 0 Å². The van der Waals surface area contributed by atoms with Crippen molar-refractivity contribution in [2.75, 3.05) is 11.9 Å². The van der Waals surface area contributed by atoms with Gasteiger partial charge in [-0.1, -0.05) is 27.2 Å². The molecule has 0 aliphatic carbocycles. The number of carbonyl (C=O) groups is 1. The molecule has 0 aliphatic rings. The van der Waals surface area contributed by atoms with Gasteiger partial charge in [-0.15, -0.1) is 0 Å². The number of nitrogens with one attached hydrogen (secondary N) is 2. The van der Waals surface area contributed by atoms with Gasteiger partial charge >= 0.3 is 0 Å². The van der Waals surface area contributed by atoms with E-state index in [9.17, 15) is 4.79 Å². The number of aromatic nitrogens is 1. The van der Waals surface area contributed by atoms with Crippen LogP contribution in [0.25, 0.3) is 0 Å². The quantitative estimate of drug-likeness (QED) is 0.764. The van der Waals surface area contributed by atoms with Crippen LogP contribution in [0.4, 0.5) is 5.69 Å². The highest BCUT2D eigenvalue weighted by Gasteiger charge is 2.15. The summed E-state index contributed by atoms with van der Waals surface area (Å²) in [6.07, 6.45) is 5.74. The van der Waals surface area contributed by atoms with E-state index in [0.717, 1.165) is 43.6 Å². The average molecular weight is 277 g/mol. The zero-order valence-corrected chi connectivity index (χ0v) is 13.1. The van der Waals surface area contributed by atoms with Crippen molar-refractivity contribution in [1.29, 1.82) is 0 Å². The molecule has 4 nitrogen and oxygen atoms in total. The lowest BCUT2D eigenvalue weighted by Gasteiger charge is -2.18. The number of amides is 1. The lowest BCUT2D eigenvalue weighted by molar-refractivity contribution is 0.0934. The van der Waals surface area contributed by atoms with Crippen LogP contribution in [0, 0.1) is 6.92 Å². The number of rotatable bonds is 8. The number of nitrogens with zero attached hydrogens (tertiary/aromatic N) is 1. The zero-order valence-electron chi connectivity index (χ0n) is 13.1. The fraction of sp³-hybridized carbons (Fsp3) is 0.625. The minimum atomic E-state index is -0.0311. The Morgan fingerprint density at radius 2 is 2.05 bits per heavy atom. The summed E-state index contributed by atoms with van der Waals surface area (Å²) in [6, 6.07) is 2.18. The van der Waals surface area contributed by atoms with E-state index in [1.807, 2.05) is 13.0 Å². The maximum atomic E-state index is 12.4. The summed E-state index contributed by atoms with van der Waals surface area (Å²) >= 11 is 0. The highest BCUT2D eigenvalue weighted by molar-refractivity contribution is 5.99. The molecule has 1 atom stereocenters. The van der Waals surface area contributed by atoms with E-state index < -0.39 is 0 Å². The van der Waals surface area contributed by atoms with Crippen molar-refractivity contribution in [3.63, 3.8) is 0 Å². The number of anilines is 1. The molecule has 1 unspecified atom stereocenters. The van der Waals surface area contributed by atoms with Crippen LogP contribution in [0.15, 0.2) is 12.3 Å². The van der Waals surface area contributed by atoms with Gasteiger partial charge in [0.25, 0.3) is 5.91 Å². The fourth-order valence-electron chi connectivity index (χ4n) is 2.14. The molecule has 4 heteroatoms. The monoisotopic (exact) mass is 277 g/mol. The molecule has 1 aromatic heterocycles. The SMILES string of the molecule is CCCNc1cc(C)ncc1C(=O)NC(CC)CCC. The Morgan fingerprint density at radius 3 is 2.65 bits per heavy atom. The van der Waals surface area contributed by atoms with Crippen molar-refractivity contribution in [1.82, 2.24) is 10.3 Å². The zero-order chi connectivity index (χ0) is 15.0. The Morgan fingerprint density at radius 1 is 1.30 bits per heavy atom. The van der Waals surface area contributed by atoms with Crippen LogP contribution in [0.1, 0.15) is 62.5 Å². The molecular weight excluding hydrogens is 250 g/mol. The Labute approximate surface area is 122 Å². The average Bonchev–Trinajstić information content (AvgIpc) is 2.44. The third-order valence-electron chi connectivity index (χ3n) is 3.32. The first-order valence-electron chi connectivity index (χ1n) is 7.63. The van der Waals surface area contributed by atoms with Gasteiger partial charge in [0.05, 0.1) is 11.3 Å². The van der Waals surface area contributed by atoms with Gasteiger partial charge in [0.15, 0.2) is 0 Å². The molecule has 0 bridgehead atoms. The van der Waals surface area contributed by atoms with E-state index in [4.69, 9.17) is 0 Å². The molecule has 0 saturated carbocycles. The Hall–Kier alpha value is -1.58. The molecule has 0 fully saturated rings. The molecule has 0 spiro atoms. The van der Waals surface area contributed by atoms with E-state index in [0.29, 0.717) is 5.56 Å². The van der Waals surface area contributed by atoms with Crippen LogP contribution in [-0.2, 0) is 0 Å². The molecule has 0 saturated heterocycles. The van der Waals surface area contributed by atoms with Crippen LogP contribution in [-0.4, -0.2) is 23.5 Å². The second-order valence-electron chi connectivity index (χ2n) is 5.17. The van der Waals surface area contributed by atoms with Gasteiger partial charge < -0.3 is 10.6 Å². The number of hydrogen-bond acceptors (Lipinski definition) is 3. The van der Waals surface area contributed by atoms with Gasteiger partial charge in [-0.05, 0) is 32.3 Å². The first-order valence-corrected chi connectivity index (χ1v) is 7.63. The molecule has 1 amide bonds. The highest BCUT2D eigenvalue weighted by Crippen LogP contribution is 2.16. The van der Waals surface area contributed by atoms with Gasteiger partial charge in [-0.3, -0.25) is 9.78 Å². The Bertz CT molecular complexity index is 432. The third-order valence-corrected chi connectivity index (χ3v) is 3.32. The number of pyridine rings is 1. The maximum absolute atomic E-state index is 12.4. The molecule has 0 radical (unpaired) electrons. The van der Waals surface area contributed by atoms with Crippen LogP contribution in [0.2, 0.25) is 0 Å². The summed E-state index contributed by atoms with van der Waals surface area (Å²) in [5, 5.41) is 6.41. The smallest absolute Gasteiger partial charge is 0.255 e. The van der Waals surface area contributed by atoms with Crippen LogP contribution in [0.5, 0.6) is 0 Å². The van der Waals surface area contributed by atoms with Crippen LogP contribution < -0.4 is 10.6 Å². The van der Waals surface area contributed by atoms with Gasteiger partial charge in [0.2, 0.25) is 0 Å². The summed E-state index contributed by atoms with van der Waals surface area (Å²) in [5.74, 6) is -0.0311. The van der Waals surface area contributed by atoms with Gasteiger partial charge in [0, 0.05) is 24.5 Å². The summed E-state index contributed by atoms with van der Waals surface area (Å²) in [6.45, 7) is 9.14. The van der Waals surface area contributed by atoms with Crippen LogP contribution >= 0.6 is 0 Å². The summed E-state index contributed by atoms with van der Waals surface area (Å²) in [7, 11) is 0. The predicted octanol–water partition coefficient (Wildman–Crippen LogP) is 3.52. The minimum Gasteiger partial charge on any atom is -0.384 e. The number of hydrogen-bond donors (Lipinski definition) is 2.